The molecule has 2 aliphatic heterocycles. The maximum absolute atomic E-state index is 12.1. The van der Waals surface area contributed by atoms with Crippen LogP contribution in [0.15, 0.2) is 18.2 Å². The van der Waals surface area contributed by atoms with Crippen LogP contribution in [0.2, 0.25) is 0 Å². The van der Waals surface area contributed by atoms with Crippen molar-refractivity contribution in [3.8, 4) is 5.75 Å². The summed E-state index contributed by atoms with van der Waals surface area (Å²) in [6.45, 7) is 6.75. The molecule has 1 atom stereocenters. The lowest BCUT2D eigenvalue weighted by molar-refractivity contribution is -0.125. The fourth-order valence-corrected chi connectivity index (χ4v) is 3.09. The molecule has 1 unspecified atom stereocenters. The fraction of sp³-hybridized carbons (Fsp3) is 0.556. The minimum absolute atomic E-state index is 0.109. The number of hydrogen-bond donors (Lipinski definition) is 2. The maximum atomic E-state index is 12.1. The molecule has 3 rings (SSSR count). The van der Waals surface area contributed by atoms with Crippen molar-refractivity contribution in [1.82, 2.24) is 10.2 Å². The largest absolute Gasteiger partial charge is 0.479 e. The van der Waals surface area contributed by atoms with Crippen molar-refractivity contribution in [1.29, 1.82) is 0 Å². The lowest BCUT2D eigenvalue weighted by atomic mass is 10.2. The molecule has 0 radical (unpaired) electrons. The second-order valence-electron chi connectivity index (χ2n) is 6.53. The van der Waals surface area contributed by atoms with Gasteiger partial charge in [0.1, 0.15) is 5.75 Å². The first-order chi connectivity index (χ1) is 12.5. The first kappa shape index (κ1) is 18.5. The third-order valence-corrected chi connectivity index (χ3v) is 4.60. The normalized spacial score (nSPS) is 20.3. The quantitative estimate of drug-likeness (QED) is 0.771. The van der Waals surface area contributed by atoms with E-state index in [1.807, 2.05) is 0 Å². The van der Waals surface area contributed by atoms with Gasteiger partial charge in [-0.2, -0.15) is 0 Å². The highest BCUT2D eigenvalue weighted by molar-refractivity contribution is 6.00. The summed E-state index contributed by atoms with van der Waals surface area (Å²) in [4.78, 5) is 28.0. The zero-order valence-electron chi connectivity index (χ0n) is 15.3. The first-order valence-corrected chi connectivity index (χ1v) is 8.98. The molecular formula is C18H26N4O4. The van der Waals surface area contributed by atoms with E-state index in [9.17, 15) is 9.59 Å². The lowest BCUT2D eigenvalue weighted by Gasteiger charge is -2.30. The Labute approximate surface area is 153 Å². The highest BCUT2D eigenvalue weighted by Crippen LogP contribution is 2.35. The maximum Gasteiger partial charge on any atom is 0.319 e. The number of rotatable bonds is 5. The smallest absolute Gasteiger partial charge is 0.319 e. The molecule has 1 fully saturated rings. The average molecular weight is 362 g/mol. The number of urea groups is 1. The number of nitrogens with zero attached hydrogens (tertiary/aromatic N) is 2. The van der Waals surface area contributed by atoms with Crippen molar-refractivity contribution < 1.29 is 19.1 Å². The number of fused-ring (bicyclic) bond motifs is 1. The van der Waals surface area contributed by atoms with Crippen LogP contribution in [0.1, 0.15) is 13.3 Å². The number of carbonyl (C=O) groups excluding carboxylic acids is 2. The van der Waals surface area contributed by atoms with Crippen LogP contribution in [-0.2, 0) is 9.53 Å². The lowest BCUT2D eigenvalue weighted by Crippen LogP contribution is -2.42. The molecule has 1 saturated heterocycles. The predicted octanol–water partition coefficient (Wildman–Crippen LogP) is 1.27. The number of likely N-dealkylation sites (N-methyl/N-ethyl adjacent to an activating group) is 1. The summed E-state index contributed by atoms with van der Waals surface area (Å²) in [6, 6.07) is 5.02. The van der Waals surface area contributed by atoms with Crippen molar-refractivity contribution in [3.63, 3.8) is 0 Å². The van der Waals surface area contributed by atoms with Crippen LogP contribution in [-0.4, -0.2) is 69.4 Å². The van der Waals surface area contributed by atoms with Gasteiger partial charge in [-0.05, 0) is 38.1 Å². The van der Waals surface area contributed by atoms with Crippen LogP contribution in [0.3, 0.4) is 0 Å². The Morgan fingerprint density at radius 3 is 2.85 bits per heavy atom. The number of nitrogens with one attached hydrogen (secondary N) is 2. The van der Waals surface area contributed by atoms with Crippen LogP contribution in [0.25, 0.3) is 0 Å². The van der Waals surface area contributed by atoms with Gasteiger partial charge in [-0.3, -0.25) is 9.69 Å². The molecule has 0 spiro atoms. The molecule has 2 aliphatic rings. The van der Waals surface area contributed by atoms with Crippen molar-refractivity contribution in [2.75, 3.05) is 56.7 Å². The summed E-state index contributed by atoms with van der Waals surface area (Å²) in [5.74, 6) is 0.526. The van der Waals surface area contributed by atoms with E-state index >= 15 is 0 Å². The number of morpholine rings is 1. The molecular weight excluding hydrogens is 336 g/mol. The monoisotopic (exact) mass is 362 g/mol. The molecule has 0 bridgehead atoms. The Hall–Kier alpha value is -2.32. The molecule has 0 saturated carbocycles. The third kappa shape index (κ3) is 4.44. The topological polar surface area (TPSA) is 83.1 Å². The van der Waals surface area contributed by atoms with Crippen LogP contribution < -0.4 is 20.3 Å². The van der Waals surface area contributed by atoms with Gasteiger partial charge in [0.2, 0.25) is 0 Å². The summed E-state index contributed by atoms with van der Waals surface area (Å²) in [7, 11) is 1.70. The first-order valence-electron chi connectivity index (χ1n) is 8.98. The van der Waals surface area contributed by atoms with Gasteiger partial charge in [0.15, 0.2) is 6.10 Å². The number of amides is 3. The van der Waals surface area contributed by atoms with E-state index in [1.165, 1.54) is 0 Å². The summed E-state index contributed by atoms with van der Waals surface area (Å²) in [6.07, 6.45) is 0.390. The molecule has 3 amide bonds. The second kappa shape index (κ2) is 8.37. The van der Waals surface area contributed by atoms with E-state index < -0.39 is 6.10 Å². The van der Waals surface area contributed by atoms with Crippen LogP contribution >= 0.6 is 0 Å². The van der Waals surface area contributed by atoms with Gasteiger partial charge in [-0.15, -0.1) is 0 Å². The molecule has 1 aromatic rings. The Morgan fingerprint density at radius 1 is 1.31 bits per heavy atom. The zero-order valence-corrected chi connectivity index (χ0v) is 15.3. The molecule has 2 N–H and O–H groups in total. The molecule has 0 aliphatic carbocycles. The van der Waals surface area contributed by atoms with Crippen LogP contribution in [0, 0.1) is 0 Å². The number of benzene rings is 1. The summed E-state index contributed by atoms with van der Waals surface area (Å²) < 4.78 is 10.9. The minimum Gasteiger partial charge on any atom is -0.479 e. The minimum atomic E-state index is -0.499. The summed E-state index contributed by atoms with van der Waals surface area (Å²) in [5, 5.41) is 5.66. The van der Waals surface area contributed by atoms with E-state index in [2.05, 4.69) is 15.5 Å². The van der Waals surface area contributed by atoms with Gasteiger partial charge in [0, 0.05) is 32.4 Å². The summed E-state index contributed by atoms with van der Waals surface area (Å²) >= 11 is 0. The molecule has 1 aromatic carbocycles. The Morgan fingerprint density at radius 2 is 2.08 bits per heavy atom. The standard InChI is InChI=1S/C18H26N4O4/c1-13-17(23)21(2)15-12-14(4-5-16(15)26-13)20-18(24)19-6-3-7-22-8-10-25-11-9-22/h4-5,12-13H,3,6-11H2,1-2H3,(H2,19,20,24). The molecule has 142 valence electrons. The second-order valence-corrected chi connectivity index (χ2v) is 6.53. The van der Waals surface area contributed by atoms with Crippen molar-refractivity contribution in [2.24, 2.45) is 0 Å². The SMILES string of the molecule is CC1Oc2ccc(NC(=O)NCCCN3CCOCC3)cc2N(C)C1=O. The number of hydrogen-bond acceptors (Lipinski definition) is 5. The molecule has 0 aromatic heterocycles. The number of carbonyl (C=O) groups is 2. The highest BCUT2D eigenvalue weighted by atomic mass is 16.5. The molecule has 2 heterocycles. The number of anilines is 2. The highest BCUT2D eigenvalue weighted by Gasteiger charge is 2.29. The molecule has 26 heavy (non-hydrogen) atoms. The van der Waals surface area contributed by atoms with Crippen molar-refractivity contribution >= 4 is 23.3 Å². The fourth-order valence-electron chi connectivity index (χ4n) is 3.09. The van der Waals surface area contributed by atoms with E-state index in [1.54, 1.807) is 37.1 Å². The van der Waals surface area contributed by atoms with Gasteiger partial charge in [-0.1, -0.05) is 0 Å². The molecule has 8 heteroatoms. The van der Waals surface area contributed by atoms with Gasteiger partial charge < -0.3 is 25.0 Å². The van der Waals surface area contributed by atoms with Crippen molar-refractivity contribution in [2.45, 2.75) is 19.4 Å². The van der Waals surface area contributed by atoms with Gasteiger partial charge in [0.25, 0.3) is 5.91 Å². The van der Waals surface area contributed by atoms with E-state index in [4.69, 9.17) is 9.47 Å². The Balaban J connectivity index is 1.46. The van der Waals surface area contributed by atoms with Gasteiger partial charge in [0.05, 0.1) is 18.9 Å². The Kier molecular flexibility index (Phi) is 5.95. The molecule has 8 nitrogen and oxygen atoms in total. The van der Waals surface area contributed by atoms with Crippen molar-refractivity contribution in [3.05, 3.63) is 18.2 Å². The zero-order chi connectivity index (χ0) is 18.5. The average Bonchev–Trinajstić information content (AvgIpc) is 2.65. The Bertz CT molecular complexity index is 661. The van der Waals surface area contributed by atoms with Gasteiger partial charge >= 0.3 is 6.03 Å². The summed E-state index contributed by atoms with van der Waals surface area (Å²) in [5.41, 5.74) is 1.27. The van der Waals surface area contributed by atoms with Crippen LogP contribution in [0.4, 0.5) is 16.2 Å². The van der Waals surface area contributed by atoms with E-state index in [-0.39, 0.29) is 11.9 Å². The number of ether oxygens (including phenoxy) is 2. The van der Waals surface area contributed by atoms with E-state index in [0.717, 1.165) is 39.3 Å². The predicted molar refractivity (Wildman–Crippen MR) is 98.8 cm³/mol. The third-order valence-electron chi connectivity index (χ3n) is 4.60. The van der Waals surface area contributed by atoms with Crippen LogP contribution in [0.5, 0.6) is 5.75 Å². The van der Waals surface area contributed by atoms with E-state index in [0.29, 0.717) is 23.7 Å². The van der Waals surface area contributed by atoms with Gasteiger partial charge in [-0.25, -0.2) is 4.79 Å².